The van der Waals surface area contributed by atoms with Crippen LogP contribution in [0.1, 0.15) is 52.9 Å². The lowest BCUT2D eigenvalue weighted by atomic mass is 9.85. The number of aromatic nitrogens is 5. The number of hydrogen-bond acceptors (Lipinski definition) is 7. The quantitative estimate of drug-likeness (QED) is 0.534. The molecule has 5 rings (SSSR count). The van der Waals surface area contributed by atoms with Crippen molar-refractivity contribution in [3.63, 3.8) is 0 Å². The van der Waals surface area contributed by atoms with Crippen LogP contribution in [0.5, 0.6) is 0 Å². The molecule has 30 heavy (non-hydrogen) atoms. The molecule has 0 unspecified atom stereocenters. The summed E-state index contributed by atoms with van der Waals surface area (Å²) in [7, 11) is 0. The summed E-state index contributed by atoms with van der Waals surface area (Å²) in [5.74, 6) is 2.42. The van der Waals surface area contributed by atoms with Crippen molar-refractivity contribution >= 4 is 11.7 Å². The fourth-order valence-electron chi connectivity index (χ4n) is 3.36. The molecule has 1 saturated carbocycles. The van der Waals surface area contributed by atoms with Crippen LogP contribution >= 0.6 is 0 Å². The highest BCUT2D eigenvalue weighted by Crippen LogP contribution is 2.36. The van der Waals surface area contributed by atoms with Gasteiger partial charge in [0.05, 0.1) is 16.9 Å². The van der Waals surface area contributed by atoms with Crippen LogP contribution in [0.15, 0.2) is 45.6 Å². The molecule has 1 aromatic carbocycles. The highest BCUT2D eigenvalue weighted by atomic mass is 16.5. The number of carbonyl (C=O) groups is 1. The van der Waals surface area contributed by atoms with Crippen molar-refractivity contribution in [1.29, 1.82) is 0 Å². The Kier molecular flexibility index (Phi) is 4.42. The number of nitrogens with one attached hydrogen (secondary N) is 1. The van der Waals surface area contributed by atoms with Gasteiger partial charge >= 0.3 is 0 Å². The molecule has 1 N–H and O–H groups in total. The van der Waals surface area contributed by atoms with Crippen LogP contribution < -0.4 is 5.32 Å². The van der Waals surface area contributed by atoms with E-state index in [2.05, 4.69) is 25.7 Å². The molecule has 0 atom stereocenters. The van der Waals surface area contributed by atoms with Crippen molar-refractivity contribution in [2.75, 3.05) is 5.32 Å². The minimum Gasteiger partial charge on any atom is -0.360 e. The second-order valence-corrected chi connectivity index (χ2v) is 7.48. The van der Waals surface area contributed by atoms with Crippen molar-refractivity contribution in [3.05, 3.63) is 59.4 Å². The number of nitrogens with zero attached hydrogens (tertiary/aromatic N) is 5. The smallest absolute Gasteiger partial charge is 0.260 e. The maximum Gasteiger partial charge on any atom is 0.260 e. The van der Waals surface area contributed by atoms with Gasteiger partial charge in [0.25, 0.3) is 5.91 Å². The minimum atomic E-state index is -0.293. The molecule has 0 spiro atoms. The number of amides is 1. The molecule has 0 aliphatic heterocycles. The van der Waals surface area contributed by atoms with E-state index in [1.54, 1.807) is 30.8 Å². The van der Waals surface area contributed by atoms with Crippen molar-refractivity contribution in [3.8, 4) is 17.1 Å². The standard InChI is InChI=1S/C21H20N6O3/c1-12-10-18(25-29-12)22-20(28)17-11-27(24-13(17)2)16-8-6-14(7-9-16)19-23-21(30-26-19)15-4-3-5-15/h6-11,15H,3-5H2,1-2H3,(H,22,25,28). The first-order valence-electron chi connectivity index (χ1n) is 9.82. The maximum atomic E-state index is 12.5. The molecule has 4 aromatic rings. The predicted octanol–water partition coefficient (Wildman–Crippen LogP) is 4.05. The molecule has 0 radical (unpaired) electrons. The van der Waals surface area contributed by atoms with Gasteiger partial charge in [-0.1, -0.05) is 16.7 Å². The van der Waals surface area contributed by atoms with Gasteiger partial charge in [-0.05, 0) is 51.0 Å². The van der Waals surface area contributed by atoms with E-state index in [0.29, 0.717) is 34.6 Å². The van der Waals surface area contributed by atoms with E-state index >= 15 is 0 Å². The van der Waals surface area contributed by atoms with Crippen molar-refractivity contribution < 1.29 is 13.8 Å². The Labute approximate surface area is 172 Å². The second kappa shape index (κ2) is 7.25. The zero-order chi connectivity index (χ0) is 20.7. The molecule has 9 heteroatoms. The van der Waals surface area contributed by atoms with Gasteiger partial charge in [-0.25, -0.2) is 4.68 Å². The molecule has 1 fully saturated rings. The molecular weight excluding hydrogens is 384 g/mol. The summed E-state index contributed by atoms with van der Waals surface area (Å²) in [4.78, 5) is 17.1. The number of aryl methyl sites for hydroxylation is 2. The van der Waals surface area contributed by atoms with Gasteiger partial charge in [0.15, 0.2) is 5.82 Å². The molecule has 9 nitrogen and oxygen atoms in total. The van der Waals surface area contributed by atoms with E-state index in [0.717, 1.165) is 30.0 Å². The Hall–Kier alpha value is -3.75. The van der Waals surface area contributed by atoms with Crippen LogP contribution in [0, 0.1) is 13.8 Å². The minimum absolute atomic E-state index is 0.293. The molecule has 1 aliphatic rings. The first-order chi connectivity index (χ1) is 14.6. The third-order valence-corrected chi connectivity index (χ3v) is 5.30. The SMILES string of the molecule is Cc1cc(NC(=O)c2cn(-c3ccc(-c4noc(C5CCC5)n4)cc3)nc2C)no1. The van der Waals surface area contributed by atoms with E-state index in [-0.39, 0.29) is 5.91 Å². The second-order valence-electron chi connectivity index (χ2n) is 7.48. The number of rotatable bonds is 5. The lowest BCUT2D eigenvalue weighted by Crippen LogP contribution is -2.12. The van der Waals surface area contributed by atoms with Gasteiger partial charge in [-0.2, -0.15) is 10.1 Å². The average molecular weight is 404 g/mol. The Morgan fingerprint density at radius 3 is 2.60 bits per heavy atom. The molecule has 3 heterocycles. The summed E-state index contributed by atoms with van der Waals surface area (Å²) in [5, 5.41) is 15.1. The Morgan fingerprint density at radius 1 is 1.13 bits per heavy atom. The normalized spacial score (nSPS) is 13.9. The summed E-state index contributed by atoms with van der Waals surface area (Å²) < 4.78 is 12.0. The zero-order valence-corrected chi connectivity index (χ0v) is 16.6. The topological polar surface area (TPSA) is 112 Å². The lowest BCUT2D eigenvalue weighted by molar-refractivity contribution is 0.102. The Balaban J connectivity index is 1.34. The van der Waals surface area contributed by atoms with Gasteiger partial charge in [0.1, 0.15) is 5.76 Å². The van der Waals surface area contributed by atoms with Gasteiger partial charge in [-0.15, -0.1) is 0 Å². The van der Waals surface area contributed by atoms with Gasteiger partial charge in [0.2, 0.25) is 11.7 Å². The van der Waals surface area contributed by atoms with Crippen LogP contribution in [-0.2, 0) is 0 Å². The highest BCUT2D eigenvalue weighted by molar-refractivity contribution is 6.04. The first kappa shape index (κ1) is 18.3. The van der Waals surface area contributed by atoms with E-state index in [4.69, 9.17) is 9.05 Å². The van der Waals surface area contributed by atoms with Crippen molar-refractivity contribution in [1.82, 2.24) is 25.1 Å². The molecule has 0 saturated heterocycles. The number of carbonyl (C=O) groups excluding carboxylic acids is 1. The third-order valence-electron chi connectivity index (χ3n) is 5.30. The molecule has 1 amide bonds. The lowest BCUT2D eigenvalue weighted by Gasteiger charge is -2.20. The van der Waals surface area contributed by atoms with Crippen molar-refractivity contribution in [2.24, 2.45) is 0 Å². The van der Waals surface area contributed by atoms with Gasteiger partial charge < -0.3 is 14.4 Å². The summed E-state index contributed by atoms with van der Waals surface area (Å²) in [5.41, 5.74) is 2.76. The maximum absolute atomic E-state index is 12.5. The van der Waals surface area contributed by atoms with E-state index < -0.39 is 0 Å². The van der Waals surface area contributed by atoms with Crippen LogP contribution in [0.4, 0.5) is 5.82 Å². The summed E-state index contributed by atoms with van der Waals surface area (Å²) >= 11 is 0. The van der Waals surface area contributed by atoms with Crippen LogP contribution in [-0.4, -0.2) is 31.0 Å². The number of benzene rings is 1. The van der Waals surface area contributed by atoms with E-state index in [1.165, 1.54) is 6.42 Å². The van der Waals surface area contributed by atoms with E-state index in [9.17, 15) is 4.79 Å². The van der Waals surface area contributed by atoms with Crippen LogP contribution in [0.2, 0.25) is 0 Å². The summed E-state index contributed by atoms with van der Waals surface area (Å²) in [6.45, 7) is 3.55. The predicted molar refractivity (Wildman–Crippen MR) is 107 cm³/mol. The fraction of sp³-hybridized carbons (Fsp3) is 0.286. The summed E-state index contributed by atoms with van der Waals surface area (Å²) in [6, 6.07) is 9.30. The average Bonchev–Trinajstić information content (AvgIpc) is 3.41. The monoisotopic (exact) mass is 404 g/mol. The molecule has 1 aliphatic carbocycles. The third kappa shape index (κ3) is 3.38. The van der Waals surface area contributed by atoms with Crippen molar-refractivity contribution in [2.45, 2.75) is 39.0 Å². The van der Waals surface area contributed by atoms with E-state index in [1.807, 2.05) is 24.3 Å². The van der Waals surface area contributed by atoms with Crippen LogP contribution in [0.25, 0.3) is 17.1 Å². The largest absolute Gasteiger partial charge is 0.360 e. The van der Waals surface area contributed by atoms with Gasteiger partial charge in [-0.3, -0.25) is 4.79 Å². The van der Waals surface area contributed by atoms with Crippen LogP contribution in [0.3, 0.4) is 0 Å². The zero-order valence-electron chi connectivity index (χ0n) is 16.6. The Morgan fingerprint density at radius 2 is 1.93 bits per heavy atom. The number of hydrogen-bond donors (Lipinski definition) is 1. The molecule has 3 aromatic heterocycles. The molecule has 0 bridgehead atoms. The molecule has 152 valence electrons. The first-order valence-corrected chi connectivity index (χ1v) is 9.82. The summed E-state index contributed by atoms with van der Waals surface area (Å²) in [6.07, 6.45) is 5.14. The molecular formula is C21H20N6O3. The van der Waals surface area contributed by atoms with Gasteiger partial charge in [0, 0.05) is 23.7 Å². The number of anilines is 1. The highest BCUT2D eigenvalue weighted by Gasteiger charge is 2.25. The fourth-order valence-corrected chi connectivity index (χ4v) is 3.36. The Bertz CT molecular complexity index is 1200.